The van der Waals surface area contributed by atoms with Gasteiger partial charge in [-0.1, -0.05) is 31.4 Å². The number of nitrogens with zero attached hydrogens (tertiary/aromatic N) is 2. The smallest absolute Gasteiger partial charge is 0.250 e. The Kier molecular flexibility index (Phi) is 6.80. The molecule has 6 nitrogen and oxygen atoms in total. The first-order valence-electron chi connectivity index (χ1n) is 11.1. The minimum Gasteiger partial charge on any atom is -0.493 e. The maximum atomic E-state index is 13.8. The molecule has 7 heteroatoms. The molecule has 2 aromatic rings. The van der Waals surface area contributed by atoms with Gasteiger partial charge in [0.1, 0.15) is 12.6 Å². The Balaban J connectivity index is 1.70. The fourth-order valence-corrected chi connectivity index (χ4v) is 5.35. The number of benzene rings is 1. The first kappa shape index (κ1) is 21.7. The predicted octanol–water partition coefficient (Wildman–Crippen LogP) is 4.40. The summed E-state index contributed by atoms with van der Waals surface area (Å²) in [7, 11) is 1.59. The lowest BCUT2D eigenvalue weighted by atomic mass is 9.91. The zero-order chi connectivity index (χ0) is 21.8. The summed E-state index contributed by atoms with van der Waals surface area (Å²) >= 11 is 1.60. The molecule has 0 spiro atoms. The van der Waals surface area contributed by atoms with Crippen molar-refractivity contribution in [3.63, 3.8) is 0 Å². The molecular weight excluding hydrogens is 412 g/mol. The van der Waals surface area contributed by atoms with Crippen molar-refractivity contribution >= 4 is 23.2 Å². The number of thiophene rings is 1. The van der Waals surface area contributed by atoms with Gasteiger partial charge in [-0.15, -0.1) is 11.3 Å². The van der Waals surface area contributed by atoms with Crippen molar-refractivity contribution < 1.29 is 19.1 Å². The lowest BCUT2D eigenvalue weighted by Crippen LogP contribution is -2.58. The molecule has 1 aromatic heterocycles. The van der Waals surface area contributed by atoms with Gasteiger partial charge in [0.25, 0.3) is 5.91 Å². The molecule has 1 saturated carbocycles. The highest BCUT2D eigenvalue weighted by Crippen LogP contribution is 2.37. The van der Waals surface area contributed by atoms with Crippen LogP contribution in [0.1, 0.15) is 55.5 Å². The molecule has 2 fully saturated rings. The van der Waals surface area contributed by atoms with Crippen LogP contribution >= 0.6 is 11.3 Å². The largest absolute Gasteiger partial charge is 0.493 e. The lowest BCUT2D eigenvalue weighted by molar-refractivity contribution is -0.159. The van der Waals surface area contributed by atoms with Crippen molar-refractivity contribution in [3.05, 3.63) is 46.2 Å². The van der Waals surface area contributed by atoms with Gasteiger partial charge in [-0.05, 0) is 48.9 Å². The van der Waals surface area contributed by atoms with Crippen molar-refractivity contribution in [2.75, 3.05) is 20.3 Å². The predicted molar refractivity (Wildman–Crippen MR) is 120 cm³/mol. The van der Waals surface area contributed by atoms with E-state index in [9.17, 15) is 9.59 Å². The topological polar surface area (TPSA) is 59.1 Å². The standard InChI is InChI=1S/C24H30N2O4S/c1-3-30-20-12-11-17(14-21(20)29-2)23-24(28)25(18-8-5-4-6-9-18)16-22(27)26(23)15-19-10-7-13-31-19/h7,10-14,18,23H,3-6,8-9,15-16H2,1-2H3/t23-/m1/s1. The van der Waals surface area contributed by atoms with Crippen LogP contribution in [0.2, 0.25) is 0 Å². The molecule has 1 aliphatic carbocycles. The van der Waals surface area contributed by atoms with Crippen molar-refractivity contribution in [2.24, 2.45) is 0 Å². The molecule has 1 saturated heterocycles. The maximum absolute atomic E-state index is 13.8. The summed E-state index contributed by atoms with van der Waals surface area (Å²) in [5.74, 6) is 1.22. The Morgan fingerprint density at radius 1 is 1.10 bits per heavy atom. The van der Waals surface area contributed by atoms with Gasteiger partial charge < -0.3 is 19.3 Å². The highest BCUT2D eigenvalue weighted by molar-refractivity contribution is 7.09. The molecule has 1 aromatic carbocycles. The third kappa shape index (κ3) is 4.56. The summed E-state index contributed by atoms with van der Waals surface area (Å²) < 4.78 is 11.2. The van der Waals surface area contributed by atoms with Gasteiger partial charge >= 0.3 is 0 Å². The fraction of sp³-hybridized carbons (Fsp3) is 0.500. The minimum atomic E-state index is -0.658. The Morgan fingerprint density at radius 3 is 2.58 bits per heavy atom. The third-order valence-corrected chi connectivity index (χ3v) is 7.04. The second-order valence-corrected chi connectivity index (χ2v) is 9.14. The average Bonchev–Trinajstić information content (AvgIpc) is 3.31. The molecule has 0 radical (unpaired) electrons. The van der Waals surface area contributed by atoms with Gasteiger partial charge in [-0.25, -0.2) is 0 Å². The quantitative estimate of drug-likeness (QED) is 0.638. The number of carbonyl (C=O) groups excluding carboxylic acids is 2. The van der Waals surface area contributed by atoms with Crippen molar-refractivity contribution in [3.8, 4) is 11.5 Å². The van der Waals surface area contributed by atoms with Crippen molar-refractivity contribution in [2.45, 2.75) is 57.7 Å². The van der Waals surface area contributed by atoms with Crippen LogP contribution in [-0.2, 0) is 16.1 Å². The summed E-state index contributed by atoms with van der Waals surface area (Å²) in [4.78, 5) is 31.7. The van der Waals surface area contributed by atoms with Crippen LogP contribution < -0.4 is 9.47 Å². The second kappa shape index (κ2) is 9.73. The van der Waals surface area contributed by atoms with Crippen LogP contribution in [-0.4, -0.2) is 47.9 Å². The number of rotatable bonds is 7. The molecule has 1 aliphatic heterocycles. The van der Waals surface area contributed by atoms with Crippen LogP contribution in [0.4, 0.5) is 0 Å². The van der Waals surface area contributed by atoms with Crippen LogP contribution in [0.15, 0.2) is 35.7 Å². The van der Waals surface area contributed by atoms with E-state index in [4.69, 9.17) is 9.47 Å². The summed E-state index contributed by atoms with van der Waals surface area (Å²) in [6.07, 6.45) is 5.38. The zero-order valence-corrected chi connectivity index (χ0v) is 19.0. The third-order valence-electron chi connectivity index (χ3n) is 6.18. The Labute approximate surface area is 187 Å². The van der Waals surface area contributed by atoms with E-state index in [1.54, 1.807) is 23.3 Å². The SMILES string of the molecule is CCOc1ccc([C@@H]2C(=O)N(C3CCCCC3)CC(=O)N2Cc2cccs2)cc1OC. The molecule has 0 N–H and O–H groups in total. The summed E-state index contributed by atoms with van der Waals surface area (Å²) in [6, 6.07) is 9.03. The van der Waals surface area contributed by atoms with E-state index in [0.717, 1.165) is 36.1 Å². The molecule has 2 aliphatic rings. The van der Waals surface area contributed by atoms with E-state index in [2.05, 4.69) is 0 Å². The Morgan fingerprint density at radius 2 is 1.90 bits per heavy atom. The first-order chi connectivity index (χ1) is 15.1. The average molecular weight is 443 g/mol. The van der Waals surface area contributed by atoms with Gasteiger partial charge in [0.15, 0.2) is 11.5 Å². The van der Waals surface area contributed by atoms with Crippen molar-refractivity contribution in [1.82, 2.24) is 9.80 Å². The molecular formula is C24H30N2O4S. The number of methoxy groups -OCH3 is 1. The van der Waals surface area contributed by atoms with E-state index in [-0.39, 0.29) is 24.4 Å². The highest BCUT2D eigenvalue weighted by atomic mass is 32.1. The van der Waals surface area contributed by atoms with Gasteiger partial charge in [0.05, 0.1) is 20.3 Å². The van der Waals surface area contributed by atoms with Crippen LogP contribution in [0.25, 0.3) is 0 Å². The molecule has 2 heterocycles. The van der Waals surface area contributed by atoms with E-state index in [0.29, 0.717) is 24.7 Å². The summed E-state index contributed by atoms with van der Waals surface area (Å²) in [6.45, 7) is 3.04. The van der Waals surface area contributed by atoms with E-state index >= 15 is 0 Å². The van der Waals surface area contributed by atoms with E-state index < -0.39 is 6.04 Å². The van der Waals surface area contributed by atoms with E-state index in [1.165, 1.54) is 6.42 Å². The number of carbonyl (C=O) groups is 2. The number of ether oxygens (including phenoxy) is 2. The molecule has 2 amide bonds. The number of amides is 2. The monoisotopic (exact) mass is 442 g/mol. The molecule has 166 valence electrons. The summed E-state index contributed by atoms with van der Waals surface area (Å²) in [5.41, 5.74) is 0.760. The highest BCUT2D eigenvalue weighted by Gasteiger charge is 2.43. The number of piperazine rings is 1. The van der Waals surface area contributed by atoms with Crippen LogP contribution in [0, 0.1) is 0 Å². The fourth-order valence-electron chi connectivity index (χ4n) is 4.65. The van der Waals surface area contributed by atoms with Gasteiger partial charge in [-0.2, -0.15) is 0 Å². The molecule has 0 bridgehead atoms. The molecule has 0 unspecified atom stereocenters. The lowest BCUT2D eigenvalue weighted by Gasteiger charge is -2.44. The molecule has 31 heavy (non-hydrogen) atoms. The van der Waals surface area contributed by atoms with Gasteiger partial charge in [0, 0.05) is 10.9 Å². The van der Waals surface area contributed by atoms with Gasteiger partial charge in [0.2, 0.25) is 5.91 Å². The van der Waals surface area contributed by atoms with Crippen LogP contribution in [0.3, 0.4) is 0 Å². The Bertz CT molecular complexity index is 908. The van der Waals surface area contributed by atoms with E-state index in [1.807, 2.05) is 47.5 Å². The first-order valence-corrected chi connectivity index (χ1v) is 11.9. The Hall–Kier alpha value is -2.54. The summed E-state index contributed by atoms with van der Waals surface area (Å²) in [5, 5.41) is 1.99. The molecule has 1 atom stereocenters. The number of hydrogen-bond acceptors (Lipinski definition) is 5. The maximum Gasteiger partial charge on any atom is 0.250 e. The van der Waals surface area contributed by atoms with Crippen LogP contribution in [0.5, 0.6) is 11.5 Å². The minimum absolute atomic E-state index is 0.00331. The second-order valence-electron chi connectivity index (χ2n) is 8.10. The van der Waals surface area contributed by atoms with Gasteiger partial charge in [-0.3, -0.25) is 9.59 Å². The number of hydrogen-bond donors (Lipinski definition) is 0. The zero-order valence-electron chi connectivity index (χ0n) is 18.2. The molecule has 4 rings (SSSR count). The normalized spacial score (nSPS) is 20.3. The van der Waals surface area contributed by atoms with Crippen molar-refractivity contribution in [1.29, 1.82) is 0 Å².